The molecule has 0 fully saturated rings. The fraction of sp³-hybridized carbons (Fsp3) is 0.375. The molecule has 0 atom stereocenters. The van der Waals surface area contributed by atoms with Gasteiger partial charge in [-0.25, -0.2) is 4.68 Å². The number of aryl methyl sites for hydroxylation is 3. The second-order valence-electron chi connectivity index (χ2n) is 7.77. The summed E-state index contributed by atoms with van der Waals surface area (Å²) in [4.78, 5) is 25.9. The van der Waals surface area contributed by atoms with Gasteiger partial charge in [0.15, 0.2) is 5.69 Å². The molecule has 1 aromatic heterocycles. The third-order valence-electron chi connectivity index (χ3n) is 5.66. The van der Waals surface area contributed by atoms with Crippen LogP contribution in [0.25, 0.3) is 10.8 Å². The molecule has 1 amide bonds. The summed E-state index contributed by atoms with van der Waals surface area (Å²) < 4.78 is 1.45. The van der Waals surface area contributed by atoms with Gasteiger partial charge in [-0.3, -0.25) is 9.59 Å². The number of nitrogens with one attached hydrogen (secondary N) is 1. The maximum absolute atomic E-state index is 13.1. The Labute approximate surface area is 170 Å². The molecule has 3 aromatic rings. The highest BCUT2D eigenvalue weighted by Crippen LogP contribution is 2.25. The summed E-state index contributed by atoms with van der Waals surface area (Å²) >= 11 is 0. The van der Waals surface area contributed by atoms with Crippen LogP contribution in [0.2, 0.25) is 0 Å². The molecule has 1 aliphatic carbocycles. The van der Waals surface area contributed by atoms with Crippen molar-refractivity contribution in [2.24, 2.45) is 0 Å². The van der Waals surface area contributed by atoms with E-state index in [1.54, 1.807) is 12.1 Å². The molecule has 0 saturated carbocycles. The SMILES string of the molecule is CCCCCCn1nc(C(=O)Nc2ccc3c(c2)CCC3)c2ccccc2c1=O. The number of amides is 1. The van der Waals surface area contributed by atoms with Gasteiger partial charge in [-0.1, -0.05) is 50.5 Å². The van der Waals surface area contributed by atoms with Crippen LogP contribution < -0.4 is 10.9 Å². The molecule has 0 aliphatic heterocycles. The minimum Gasteiger partial charge on any atom is -0.321 e. The number of aromatic nitrogens is 2. The van der Waals surface area contributed by atoms with Crippen LogP contribution in [0.1, 0.15) is 60.6 Å². The number of nitrogens with zero attached hydrogens (tertiary/aromatic N) is 2. The van der Waals surface area contributed by atoms with Gasteiger partial charge in [-0.05, 0) is 55.0 Å². The monoisotopic (exact) mass is 389 g/mol. The van der Waals surface area contributed by atoms with E-state index in [0.717, 1.165) is 44.2 Å². The highest BCUT2D eigenvalue weighted by atomic mass is 16.2. The molecule has 1 aliphatic rings. The number of carbonyl (C=O) groups is 1. The molecule has 1 heterocycles. The van der Waals surface area contributed by atoms with Crippen LogP contribution in [0.3, 0.4) is 0 Å². The highest BCUT2D eigenvalue weighted by molar-refractivity contribution is 6.11. The van der Waals surface area contributed by atoms with Gasteiger partial charge in [-0.15, -0.1) is 0 Å². The van der Waals surface area contributed by atoms with Crippen molar-refractivity contribution < 1.29 is 4.79 Å². The van der Waals surface area contributed by atoms with Crippen molar-refractivity contribution in [1.82, 2.24) is 9.78 Å². The van der Waals surface area contributed by atoms with Crippen LogP contribution in [-0.4, -0.2) is 15.7 Å². The molecule has 5 heteroatoms. The van der Waals surface area contributed by atoms with Gasteiger partial charge in [0.25, 0.3) is 11.5 Å². The van der Waals surface area contributed by atoms with E-state index in [0.29, 0.717) is 23.0 Å². The lowest BCUT2D eigenvalue weighted by Crippen LogP contribution is -2.27. The fourth-order valence-corrected chi connectivity index (χ4v) is 4.08. The van der Waals surface area contributed by atoms with Gasteiger partial charge in [0.1, 0.15) is 0 Å². The normalized spacial score (nSPS) is 12.9. The summed E-state index contributed by atoms with van der Waals surface area (Å²) in [6.45, 7) is 2.69. The molecule has 4 rings (SSSR count). The molecule has 0 spiro atoms. The maximum atomic E-state index is 13.1. The number of hydrogen-bond donors (Lipinski definition) is 1. The van der Waals surface area contributed by atoms with Crippen molar-refractivity contribution in [3.05, 3.63) is 69.6 Å². The Hall–Kier alpha value is -2.95. The lowest BCUT2D eigenvalue weighted by molar-refractivity contribution is 0.102. The molecular weight excluding hydrogens is 362 g/mol. The summed E-state index contributed by atoms with van der Waals surface area (Å²) in [7, 11) is 0. The summed E-state index contributed by atoms with van der Waals surface area (Å²) in [5, 5.41) is 8.58. The summed E-state index contributed by atoms with van der Waals surface area (Å²) in [6.07, 6.45) is 7.53. The minimum absolute atomic E-state index is 0.133. The van der Waals surface area contributed by atoms with E-state index in [2.05, 4.69) is 29.5 Å². The first-order valence-corrected chi connectivity index (χ1v) is 10.6. The highest BCUT2D eigenvalue weighted by Gasteiger charge is 2.18. The fourth-order valence-electron chi connectivity index (χ4n) is 4.08. The first kappa shape index (κ1) is 19.4. The van der Waals surface area contributed by atoms with E-state index < -0.39 is 0 Å². The number of rotatable bonds is 7. The lowest BCUT2D eigenvalue weighted by Gasteiger charge is -2.12. The van der Waals surface area contributed by atoms with Gasteiger partial charge >= 0.3 is 0 Å². The number of hydrogen-bond acceptors (Lipinski definition) is 3. The Bertz CT molecular complexity index is 1100. The van der Waals surface area contributed by atoms with Crippen LogP contribution in [0.5, 0.6) is 0 Å². The zero-order valence-electron chi connectivity index (χ0n) is 16.9. The van der Waals surface area contributed by atoms with Gasteiger partial charge in [0, 0.05) is 17.6 Å². The van der Waals surface area contributed by atoms with Crippen LogP contribution >= 0.6 is 0 Å². The Morgan fingerprint density at radius 1 is 1.03 bits per heavy atom. The molecular formula is C24H27N3O2. The zero-order chi connectivity index (χ0) is 20.2. The van der Waals surface area contributed by atoms with Crippen LogP contribution in [0, 0.1) is 0 Å². The Morgan fingerprint density at radius 2 is 1.83 bits per heavy atom. The van der Waals surface area contributed by atoms with E-state index in [1.807, 2.05) is 18.2 Å². The summed E-state index contributed by atoms with van der Waals surface area (Å²) in [6, 6.07) is 13.3. The molecule has 0 saturated heterocycles. The molecule has 0 unspecified atom stereocenters. The average molecular weight is 389 g/mol. The third-order valence-corrected chi connectivity index (χ3v) is 5.66. The quantitative estimate of drug-likeness (QED) is 0.595. The molecule has 5 nitrogen and oxygen atoms in total. The van der Waals surface area contributed by atoms with Gasteiger partial charge < -0.3 is 5.32 Å². The van der Waals surface area contributed by atoms with Crippen molar-refractivity contribution in [1.29, 1.82) is 0 Å². The van der Waals surface area contributed by atoms with E-state index >= 15 is 0 Å². The standard InChI is InChI=1S/C24H27N3O2/c1-2-3-4-7-15-27-24(29)21-12-6-5-11-20(21)22(26-27)23(28)25-19-14-13-17-9-8-10-18(17)16-19/h5-6,11-14,16H,2-4,7-10,15H2,1H3,(H,25,28). The first-order valence-electron chi connectivity index (χ1n) is 10.6. The second kappa shape index (κ2) is 8.60. The Balaban J connectivity index is 1.65. The predicted molar refractivity (Wildman–Crippen MR) is 117 cm³/mol. The largest absolute Gasteiger partial charge is 0.321 e. The number of carbonyl (C=O) groups excluding carboxylic acids is 1. The number of benzene rings is 2. The first-order chi connectivity index (χ1) is 14.2. The number of anilines is 1. The van der Waals surface area contributed by atoms with E-state index in [1.165, 1.54) is 22.2 Å². The summed E-state index contributed by atoms with van der Waals surface area (Å²) in [5.41, 5.74) is 3.62. The molecule has 0 bridgehead atoms. The molecule has 29 heavy (non-hydrogen) atoms. The molecule has 2 aromatic carbocycles. The smallest absolute Gasteiger partial charge is 0.276 e. The van der Waals surface area contributed by atoms with E-state index in [4.69, 9.17) is 0 Å². The van der Waals surface area contributed by atoms with Gasteiger partial charge in [0.2, 0.25) is 0 Å². The predicted octanol–water partition coefficient (Wildman–Crippen LogP) is 4.72. The van der Waals surface area contributed by atoms with Crippen molar-refractivity contribution in [2.45, 2.75) is 58.4 Å². The lowest BCUT2D eigenvalue weighted by atomic mass is 10.1. The van der Waals surface area contributed by atoms with E-state index in [-0.39, 0.29) is 11.5 Å². The van der Waals surface area contributed by atoms with Crippen LogP contribution in [-0.2, 0) is 19.4 Å². The Morgan fingerprint density at radius 3 is 2.66 bits per heavy atom. The third kappa shape index (κ3) is 4.09. The van der Waals surface area contributed by atoms with Gasteiger partial charge in [-0.2, -0.15) is 5.10 Å². The topological polar surface area (TPSA) is 64.0 Å². The van der Waals surface area contributed by atoms with Crippen molar-refractivity contribution in [3.63, 3.8) is 0 Å². The molecule has 150 valence electrons. The number of fused-ring (bicyclic) bond motifs is 2. The Kier molecular flexibility index (Phi) is 5.74. The number of unbranched alkanes of at least 4 members (excludes halogenated alkanes) is 3. The van der Waals surface area contributed by atoms with Crippen LogP contribution in [0.4, 0.5) is 5.69 Å². The summed E-state index contributed by atoms with van der Waals surface area (Å²) in [5.74, 6) is -0.276. The molecule has 1 N–H and O–H groups in total. The van der Waals surface area contributed by atoms with Crippen molar-refractivity contribution in [2.75, 3.05) is 5.32 Å². The van der Waals surface area contributed by atoms with Crippen molar-refractivity contribution in [3.8, 4) is 0 Å². The van der Waals surface area contributed by atoms with Gasteiger partial charge in [0.05, 0.1) is 5.39 Å². The zero-order valence-corrected chi connectivity index (χ0v) is 16.9. The second-order valence-corrected chi connectivity index (χ2v) is 7.77. The van der Waals surface area contributed by atoms with Crippen molar-refractivity contribution >= 4 is 22.4 Å². The van der Waals surface area contributed by atoms with E-state index in [9.17, 15) is 9.59 Å². The molecule has 0 radical (unpaired) electrons. The van der Waals surface area contributed by atoms with Crippen LogP contribution in [0.15, 0.2) is 47.3 Å². The maximum Gasteiger partial charge on any atom is 0.276 e. The average Bonchev–Trinajstić information content (AvgIpc) is 3.20. The minimum atomic E-state index is -0.276.